The van der Waals surface area contributed by atoms with Crippen molar-refractivity contribution in [2.45, 2.75) is 48.5 Å². The summed E-state index contributed by atoms with van der Waals surface area (Å²) in [6, 6.07) is 12.3. The van der Waals surface area contributed by atoms with E-state index in [1.54, 1.807) is 24.3 Å². The fourth-order valence-electron chi connectivity index (χ4n) is 4.18. The third-order valence-electron chi connectivity index (χ3n) is 6.47. The molecule has 0 heterocycles. The van der Waals surface area contributed by atoms with Gasteiger partial charge in [-0.15, -0.1) is 0 Å². The van der Waals surface area contributed by atoms with Gasteiger partial charge in [0.05, 0.1) is 11.1 Å². The molecule has 0 saturated heterocycles. The van der Waals surface area contributed by atoms with Gasteiger partial charge in [0, 0.05) is 5.56 Å². The van der Waals surface area contributed by atoms with Crippen LogP contribution in [-0.2, 0) is 4.57 Å². The van der Waals surface area contributed by atoms with Crippen molar-refractivity contribution in [1.82, 2.24) is 0 Å². The molecule has 0 aliphatic rings. The van der Waals surface area contributed by atoms with E-state index < -0.39 is 13.3 Å². The zero-order chi connectivity index (χ0) is 23.0. The van der Waals surface area contributed by atoms with Gasteiger partial charge < -0.3 is 0 Å². The third kappa shape index (κ3) is 3.91. The van der Waals surface area contributed by atoms with Crippen molar-refractivity contribution in [2.75, 3.05) is 0 Å². The molecule has 31 heavy (non-hydrogen) atoms. The Kier molecular flexibility index (Phi) is 6.38. The highest BCUT2D eigenvalue weighted by Gasteiger charge is 2.38. The number of hydrogen-bond donors (Lipinski definition) is 0. The Morgan fingerprint density at radius 1 is 0.613 bits per heavy atom. The van der Waals surface area contributed by atoms with Crippen LogP contribution < -0.4 is 5.30 Å². The van der Waals surface area contributed by atoms with Crippen LogP contribution in [0, 0.1) is 48.5 Å². The molecular weight excluding hydrogens is 403 g/mol. The normalized spacial score (nSPS) is 11.4. The molecule has 0 aliphatic carbocycles. The van der Waals surface area contributed by atoms with Crippen molar-refractivity contribution >= 4 is 24.4 Å². The summed E-state index contributed by atoms with van der Waals surface area (Å²) in [4.78, 5) is 26.9. The molecule has 0 fully saturated rings. The second-order valence-electron chi connectivity index (χ2n) is 8.21. The summed E-state index contributed by atoms with van der Waals surface area (Å²) in [6.45, 7) is 13.7. The average molecular weight is 431 g/mol. The zero-order valence-electron chi connectivity index (χ0n) is 19.2. The topological polar surface area (TPSA) is 51.2 Å². The van der Waals surface area contributed by atoms with Gasteiger partial charge in [0.25, 0.3) is 0 Å². The van der Waals surface area contributed by atoms with E-state index in [1.165, 1.54) is 5.56 Å². The predicted molar refractivity (Wildman–Crippen MR) is 127 cm³/mol. The Hall–Kier alpha value is -2.90. The van der Waals surface area contributed by atoms with Crippen molar-refractivity contribution in [2.24, 2.45) is 0 Å². The molecule has 3 aromatic carbocycles. The number of aryl methyl sites for hydroxylation is 2. The van der Waals surface area contributed by atoms with Gasteiger partial charge in [-0.05, 0) is 99.5 Å². The van der Waals surface area contributed by atoms with Gasteiger partial charge in [-0.2, -0.15) is 0 Å². The second-order valence-corrected chi connectivity index (χ2v) is 9.69. The van der Waals surface area contributed by atoms with Crippen LogP contribution in [-0.4, -0.2) is 11.3 Å². The number of benzene rings is 3. The van der Waals surface area contributed by atoms with E-state index in [0.717, 1.165) is 33.4 Å². The van der Waals surface area contributed by atoms with E-state index in [9.17, 15) is 14.2 Å². The van der Waals surface area contributed by atoms with Crippen molar-refractivity contribution < 1.29 is 14.2 Å². The lowest BCUT2D eigenvalue weighted by molar-refractivity contribution is 0.103. The number of hydrogen-bond acceptors (Lipinski definition) is 3. The molecule has 0 aromatic heterocycles. The highest BCUT2D eigenvalue weighted by molar-refractivity contribution is 7.71. The fourth-order valence-corrected chi connectivity index (χ4v) is 5.57. The molecular formula is C27H28O3P+. The van der Waals surface area contributed by atoms with Gasteiger partial charge in [-0.25, -0.2) is 4.79 Å². The lowest BCUT2D eigenvalue weighted by Gasteiger charge is -2.18. The Balaban J connectivity index is 2.15. The summed E-state index contributed by atoms with van der Waals surface area (Å²) in [5, 5.41) is 0.296. The monoisotopic (exact) mass is 431 g/mol. The summed E-state index contributed by atoms with van der Waals surface area (Å²) < 4.78 is 13.4. The lowest BCUT2D eigenvalue weighted by Crippen LogP contribution is -2.19. The quantitative estimate of drug-likeness (QED) is 0.348. The average Bonchev–Trinajstić information content (AvgIpc) is 2.75. The SMILES string of the molecule is Cc1cccc(C)c1C(=O)[P+](=O)c1ccccc1C(=O)c1c(C)c(C)c(C)c(C)c1C. The minimum atomic E-state index is -2.44. The largest absolute Gasteiger partial charge is 0.459 e. The van der Waals surface area contributed by atoms with E-state index in [-0.39, 0.29) is 5.78 Å². The molecule has 0 spiro atoms. The number of rotatable bonds is 5. The van der Waals surface area contributed by atoms with Gasteiger partial charge >= 0.3 is 13.3 Å². The van der Waals surface area contributed by atoms with Crippen molar-refractivity contribution in [3.05, 3.63) is 98.1 Å². The summed E-state index contributed by atoms with van der Waals surface area (Å²) in [7, 11) is -2.44. The Morgan fingerprint density at radius 3 is 1.65 bits per heavy atom. The molecule has 0 saturated carbocycles. The second kappa shape index (κ2) is 8.69. The van der Waals surface area contributed by atoms with Gasteiger partial charge in [-0.3, -0.25) is 4.79 Å². The van der Waals surface area contributed by atoms with Crippen LogP contribution >= 0.6 is 7.80 Å². The molecule has 0 amide bonds. The minimum absolute atomic E-state index is 0.186. The van der Waals surface area contributed by atoms with E-state index >= 15 is 0 Å². The molecule has 3 rings (SSSR count). The van der Waals surface area contributed by atoms with Crippen molar-refractivity contribution in [3.63, 3.8) is 0 Å². The number of carbonyl (C=O) groups excluding carboxylic acids is 2. The Morgan fingerprint density at radius 2 is 1.10 bits per heavy atom. The minimum Gasteiger partial charge on any atom is -0.288 e. The van der Waals surface area contributed by atoms with Crippen LogP contribution in [0.5, 0.6) is 0 Å². The maximum Gasteiger partial charge on any atom is 0.459 e. The van der Waals surface area contributed by atoms with Crippen LogP contribution in [0.2, 0.25) is 0 Å². The van der Waals surface area contributed by atoms with Crippen LogP contribution in [0.3, 0.4) is 0 Å². The summed E-state index contributed by atoms with van der Waals surface area (Å²) >= 11 is 0. The molecule has 0 radical (unpaired) electrons. The van der Waals surface area contributed by atoms with Gasteiger partial charge in [0.2, 0.25) is 5.30 Å². The maximum atomic E-state index is 13.7. The zero-order valence-corrected chi connectivity index (χ0v) is 20.1. The molecule has 1 atom stereocenters. The standard InChI is InChI=1S/C27H28O3P/c1-15-11-10-12-16(2)24(15)27(29)31(30)23-14-9-8-13-22(23)26(28)25-20(6)18(4)17(3)19(5)21(25)7/h8-14H,1-7H3/q+1. The number of ketones is 1. The molecule has 3 aromatic rings. The predicted octanol–water partition coefficient (Wildman–Crippen LogP) is 6.37. The first-order chi connectivity index (χ1) is 14.6. The van der Waals surface area contributed by atoms with Gasteiger partial charge in [-0.1, -0.05) is 34.9 Å². The van der Waals surface area contributed by atoms with Gasteiger partial charge in [0.15, 0.2) is 5.78 Å². The van der Waals surface area contributed by atoms with E-state index in [0.29, 0.717) is 22.0 Å². The van der Waals surface area contributed by atoms with Gasteiger partial charge in [0.1, 0.15) is 0 Å². The van der Waals surface area contributed by atoms with E-state index in [1.807, 2.05) is 59.7 Å². The molecule has 0 bridgehead atoms. The summed E-state index contributed by atoms with van der Waals surface area (Å²) in [5.41, 5.74) is 7.77. The first kappa shape index (κ1) is 22.8. The van der Waals surface area contributed by atoms with E-state index in [2.05, 4.69) is 6.92 Å². The Labute approximate surface area is 185 Å². The molecule has 0 aliphatic heterocycles. The van der Waals surface area contributed by atoms with Crippen LogP contribution in [0.15, 0.2) is 42.5 Å². The van der Waals surface area contributed by atoms with Crippen LogP contribution in [0.25, 0.3) is 0 Å². The van der Waals surface area contributed by atoms with Crippen LogP contribution in [0.1, 0.15) is 65.2 Å². The fraction of sp³-hybridized carbons (Fsp3) is 0.259. The van der Waals surface area contributed by atoms with Crippen LogP contribution in [0.4, 0.5) is 0 Å². The number of carbonyl (C=O) groups is 2. The molecule has 0 N–H and O–H groups in total. The molecule has 1 unspecified atom stereocenters. The maximum absolute atomic E-state index is 13.7. The Bertz CT molecular complexity index is 1200. The van der Waals surface area contributed by atoms with Crippen molar-refractivity contribution in [3.8, 4) is 0 Å². The lowest BCUT2D eigenvalue weighted by atomic mass is 9.86. The van der Waals surface area contributed by atoms with Crippen molar-refractivity contribution in [1.29, 1.82) is 0 Å². The first-order valence-corrected chi connectivity index (χ1v) is 11.6. The van der Waals surface area contributed by atoms with E-state index in [4.69, 9.17) is 0 Å². The smallest absolute Gasteiger partial charge is 0.288 e. The summed E-state index contributed by atoms with van der Waals surface area (Å²) in [6.07, 6.45) is 0. The molecule has 158 valence electrons. The highest BCUT2D eigenvalue weighted by Crippen LogP contribution is 2.33. The molecule has 4 heteroatoms. The summed E-state index contributed by atoms with van der Waals surface area (Å²) in [5.74, 6) is -0.186. The highest BCUT2D eigenvalue weighted by atomic mass is 31.1. The third-order valence-corrected chi connectivity index (χ3v) is 7.89. The first-order valence-electron chi connectivity index (χ1n) is 10.4. The molecule has 3 nitrogen and oxygen atoms in total.